The minimum Gasteiger partial charge on any atom is -0.325 e. The lowest BCUT2D eigenvalue weighted by atomic mass is 10.1. The van der Waals surface area contributed by atoms with Gasteiger partial charge < -0.3 is 10.2 Å². The molecule has 24 heavy (non-hydrogen) atoms. The van der Waals surface area contributed by atoms with Crippen molar-refractivity contribution >= 4 is 23.2 Å². The number of nitriles is 1. The standard InChI is InChI=1S/C19H19N3O2/c1-14-7-3-6-10-18(14)22(15(2)23)12-11-19(24)21-17-9-5-4-8-16(17)13-20/h3-10H,11-12H2,1-2H3,(H,21,24). The van der Waals surface area contributed by atoms with E-state index in [1.807, 2.05) is 37.3 Å². The van der Waals surface area contributed by atoms with Crippen LogP contribution >= 0.6 is 0 Å². The van der Waals surface area contributed by atoms with Crippen molar-refractivity contribution in [1.82, 2.24) is 0 Å². The summed E-state index contributed by atoms with van der Waals surface area (Å²) in [6.45, 7) is 3.69. The summed E-state index contributed by atoms with van der Waals surface area (Å²) in [7, 11) is 0. The highest BCUT2D eigenvalue weighted by Crippen LogP contribution is 2.20. The van der Waals surface area contributed by atoms with E-state index in [4.69, 9.17) is 5.26 Å². The lowest BCUT2D eigenvalue weighted by Gasteiger charge is -2.22. The fraction of sp³-hybridized carbons (Fsp3) is 0.211. The zero-order chi connectivity index (χ0) is 17.5. The van der Waals surface area contributed by atoms with Crippen molar-refractivity contribution in [3.63, 3.8) is 0 Å². The van der Waals surface area contributed by atoms with E-state index in [-0.39, 0.29) is 24.8 Å². The predicted octanol–water partition coefficient (Wildman–Crippen LogP) is 3.25. The van der Waals surface area contributed by atoms with Crippen molar-refractivity contribution in [2.24, 2.45) is 0 Å². The van der Waals surface area contributed by atoms with Gasteiger partial charge in [-0.25, -0.2) is 0 Å². The summed E-state index contributed by atoms with van der Waals surface area (Å²) < 4.78 is 0. The van der Waals surface area contributed by atoms with Gasteiger partial charge in [0.1, 0.15) is 6.07 Å². The first-order chi connectivity index (χ1) is 11.5. The number of hydrogen-bond acceptors (Lipinski definition) is 3. The van der Waals surface area contributed by atoms with Gasteiger partial charge in [0.25, 0.3) is 0 Å². The molecule has 2 amide bonds. The molecule has 2 rings (SSSR count). The zero-order valence-corrected chi connectivity index (χ0v) is 13.7. The quantitative estimate of drug-likeness (QED) is 0.918. The molecule has 0 unspecified atom stereocenters. The van der Waals surface area contributed by atoms with Crippen LogP contribution in [0.1, 0.15) is 24.5 Å². The van der Waals surface area contributed by atoms with Crippen LogP contribution in [0, 0.1) is 18.3 Å². The summed E-state index contributed by atoms with van der Waals surface area (Å²) in [6, 6.07) is 16.4. The van der Waals surface area contributed by atoms with Gasteiger partial charge in [-0.15, -0.1) is 0 Å². The molecule has 0 atom stereocenters. The topological polar surface area (TPSA) is 73.2 Å². The molecule has 0 bridgehead atoms. The highest BCUT2D eigenvalue weighted by molar-refractivity contribution is 5.95. The number of carbonyl (C=O) groups excluding carboxylic acids is 2. The largest absolute Gasteiger partial charge is 0.325 e. The molecule has 0 aliphatic carbocycles. The third-order valence-electron chi connectivity index (χ3n) is 3.67. The second-order valence-electron chi connectivity index (χ2n) is 5.41. The summed E-state index contributed by atoms with van der Waals surface area (Å²) in [5.41, 5.74) is 2.67. The average molecular weight is 321 g/mol. The minimum absolute atomic E-state index is 0.116. The van der Waals surface area contributed by atoms with Crippen molar-refractivity contribution in [2.75, 3.05) is 16.8 Å². The van der Waals surface area contributed by atoms with E-state index in [0.29, 0.717) is 11.3 Å². The monoisotopic (exact) mass is 321 g/mol. The third-order valence-corrected chi connectivity index (χ3v) is 3.67. The number of aryl methyl sites for hydroxylation is 1. The van der Waals surface area contributed by atoms with Gasteiger partial charge in [0.05, 0.1) is 11.3 Å². The van der Waals surface area contributed by atoms with E-state index < -0.39 is 0 Å². The zero-order valence-electron chi connectivity index (χ0n) is 13.7. The van der Waals surface area contributed by atoms with E-state index in [9.17, 15) is 9.59 Å². The first-order valence-electron chi connectivity index (χ1n) is 7.65. The summed E-state index contributed by atoms with van der Waals surface area (Å²) in [5, 5.41) is 11.8. The normalized spacial score (nSPS) is 9.88. The van der Waals surface area contributed by atoms with Crippen LogP contribution in [0.4, 0.5) is 11.4 Å². The molecular weight excluding hydrogens is 302 g/mol. The second kappa shape index (κ2) is 7.93. The Balaban J connectivity index is 2.05. The SMILES string of the molecule is CC(=O)N(CCC(=O)Nc1ccccc1C#N)c1ccccc1C. The highest BCUT2D eigenvalue weighted by atomic mass is 16.2. The van der Waals surface area contributed by atoms with Gasteiger partial charge in [-0.05, 0) is 30.7 Å². The number of nitrogens with one attached hydrogen (secondary N) is 1. The molecule has 5 nitrogen and oxygen atoms in total. The molecule has 0 aromatic heterocycles. The van der Waals surface area contributed by atoms with Crippen LogP contribution in [-0.2, 0) is 9.59 Å². The van der Waals surface area contributed by atoms with Gasteiger partial charge >= 0.3 is 0 Å². The van der Waals surface area contributed by atoms with Crippen LogP contribution in [0.15, 0.2) is 48.5 Å². The summed E-state index contributed by atoms with van der Waals surface area (Å²) in [5.74, 6) is -0.355. The van der Waals surface area contributed by atoms with Crippen LogP contribution < -0.4 is 10.2 Å². The second-order valence-corrected chi connectivity index (χ2v) is 5.41. The van der Waals surface area contributed by atoms with E-state index >= 15 is 0 Å². The molecule has 5 heteroatoms. The van der Waals surface area contributed by atoms with Gasteiger partial charge in [-0.1, -0.05) is 30.3 Å². The number of anilines is 2. The molecule has 2 aromatic rings. The van der Waals surface area contributed by atoms with Gasteiger partial charge in [0.15, 0.2) is 0 Å². The molecule has 0 radical (unpaired) electrons. The lowest BCUT2D eigenvalue weighted by Crippen LogP contribution is -2.32. The maximum atomic E-state index is 12.2. The van der Waals surface area contributed by atoms with E-state index in [1.54, 1.807) is 29.2 Å². The molecule has 0 saturated carbocycles. The maximum absolute atomic E-state index is 12.2. The summed E-state index contributed by atoms with van der Waals surface area (Å²) >= 11 is 0. The van der Waals surface area contributed by atoms with Crippen molar-refractivity contribution in [3.05, 3.63) is 59.7 Å². The smallest absolute Gasteiger partial charge is 0.226 e. The Morgan fingerprint density at radius 3 is 2.46 bits per heavy atom. The lowest BCUT2D eigenvalue weighted by molar-refractivity contribution is -0.117. The molecule has 0 aliphatic heterocycles. The Morgan fingerprint density at radius 1 is 1.12 bits per heavy atom. The Bertz CT molecular complexity index is 793. The first-order valence-corrected chi connectivity index (χ1v) is 7.65. The number of amides is 2. The molecule has 122 valence electrons. The molecule has 1 N–H and O–H groups in total. The number of benzene rings is 2. The molecule has 0 spiro atoms. The number of nitrogens with zero attached hydrogens (tertiary/aromatic N) is 2. The molecule has 0 fully saturated rings. The van der Waals surface area contributed by atoms with Gasteiger partial charge in [0.2, 0.25) is 11.8 Å². The Hall–Kier alpha value is -3.13. The average Bonchev–Trinajstić information content (AvgIpc) is 2.57. The molecular formula is C19H19N3O2. The van der Waals surface area contributed by atoms with Crippen molar-refractivity contribution in [2.45, 2.75) is 20.3 Å². The molecule has 0 saturated heterocycles. The van der Waals surface area contributed by atoms with E-state index in [2.05, 4.69) is 5.32 Å². The fourth-order valence-corrected chi connectivity index (χ4v) is 2.43. The number of rotatable bonds is 5. The number of carbonyl (C=O) groups is 2. The van der Waals surface area contributed by atoms with Crippen LogP contribution in [0.5, 0.6) is 0 Å². The van der Waals surface area contributed by atoms with E-state index in [1.165, 1.54) is 6.92 Å². The van der Waals surface area contributed by atoms with Crippen LogP contribution in [-0.4, -0.2) is 18.4 Å². The third kappa shape index (κ3) is 4.20. The number of hydrogen-bond donors (Lipinski definition) is 1. The van der Waals surface area contributed by atoms with Gasteiger partial charge in [0, 0.05) is 25.6 Å². The first kappa shape index (κ1) is 17.2. The Morgan fingerprint density at radius 2 is 1.79 bits per heavy atom. The maximum Gasteiger partial charge on any atom is 0.226 e. The predicted molar refractivity (Wildman–Crippen MR) is 93.6 cm³/mol. The van der Waals surface area contributed by atoms with E-state index in [0.717, 1.165) is 11.3 Å². The van der Waals surface area contributed by atoms with Crippen molar-refractivity contribution < 1.29 is 9.59 Å². The minimum atomic E-state index is -0.238. The van der Waals surface area contributed by atoms with Crippen LogP contribution in [0.2, 0.25) is 0 Å². The molecule has 0 aliphatic rings. The van der Waals surface area contributed by atoms with Gasteiger partial charge in [-0.3, -0.25) is 9.59 Å². The van der Waals surface area contributed by atoms with Crippen molar-refractivity contribution in [1.29, 1.82) is 5.26 Å². The summed E-state index contributed by atoms with van der Waals surface area (Å²) in [4.78, 5) is 25.7. The number of para-hydroxylation sites is 2. The summed E-state index contributed by atoms with van der Waals surface area (Å²) in [6.07, 6.45) is 0.147. The van der Waals surface area contributed by atoms with Crippen molar-refractivity contribution in [3.8, 4) is 6.07 Å². The van der Waals surface area contributed by atoms with Crippen LogP contribution in [0.25, 0.3) is 0 Å². The highest BCUT2D eigenvalue weighted by Gasteiger charge is 2.15. The molecule has 2 aromatic carbocycles. The van der Waals surface area contributed by atoms with Gasteiger partial charge in [-0.2, -0.15) is 5.26 Å². The molecule has 0 heterocycles. The Labute approximate surface area is 141 Å². The Kier molecular flexibility index (Phi) is 5.69. The fourth-order valence-electron chi connectivity index (χ4n) is 2.43. The van der Waals surface area contributed by atoms with Crippen LogP contribution in [0.3, 0.4) is 0 Å².